The third kappa shape index (κ3) is 3.69. The van der Waals surface area contributed by atoms with Crippen LogP contribution in [0, 0.1) is 0 Å². The number of hydrogen-bond donors (Lipinski definition) is 0. The van der Waals surface area contributed by atoms with Crippen LogP contribution < -0.4 is 0 Å². The van der Waals surface area contributed by atoms with E-state index in [0.29, 0.717) is 0 Å². The Kier molecular flexibility index (Phi) is 5.32. The Balaban J connectivity index is 1.20. The number of benzene rings is 6. The number of hydrogen-bond acceptors (Lipinski definition) is 4. The van der Waals surface area contributed by atoms with Crippen molar-refractivity contribution in [2.45, 2.75) is 0 Å². The first kappa shape index (κ1) is 25.0. The van der Waals surface area contributed by atoms with Crippen LogP contribution in [0.25, 0.3) is 90.6 Å². The Morgan fingerprint density at radius 2 is 1.13 bits per heavy atom. The normalized spacial score (nSPS) is 12.0. The molecule has 0 fully saturated rings. The standard InChI is InChI=1S/C40H23N3S2/c1-2-10-25(11-3-1)39-41-37(36-30-14-6-9-17-34(30)45-40(36)42-39)24-18-20-26(21-19-24)43-31-15-7-4-13-29(31)35-32(43)23-22-28-27-12-5-8-16-33(27)44-38(28)35/h1-23H. The summed E-state index contributed by atoms with van der Waals surface area (Å²) >= 11 is 3.62. The molecule has 45 heavy (non-hydrogen) atoms. The van der Waals surface area contributed by atoms with Crippen molar-refractivity contribution >= 4 is 85.0 Å². The molecule has 0 aliphatic heterocycles. The fraction of sp³-hybridized carbons (Fsp3) is 0. The molecule has 210 valence electrons. The molecule has 6 aromatic carbocycles. The van der Waals surface area contributed by atoms with Crippen molar-refractivity contribution in [2.75, 3.05) is 0 Å². The summed E-state index contributed by atoms with van der Waals surface area (Å²) in [6.07, 6.45) is 0. The van der Waals surface area contributed by atoms with E-state index in [1.807, 2.05) is 29.5 Å². The molecule has 4 heterocycles. The van der Waals surface area contributed by atoms with Crippen LogP contribution in [0.5, 0.6) is 0 Å². The maximum absolute atomic E-state index is 5.20. The maximum atomic E-state index is 5.20. The summed E-state index contributed by atoms with van der Waals surface area (Å²) in [7, 11) is 0. The van der Waals surface area contributed by atoms with Crippen LogP contribution in [0.15, 0.2) is 140 Å². The van der Waals surface area contributed by atoms with Crippen LogP contribution in [-0.4, -0.2) is 14.5 Å². The second-order valence-electron chi connectivity index (χ2n) is 11.4. The average molecular weight is 610 g/mol. The van der Waals surface area contributed by atoms with Crippen molar-refractivity contribution in [1.82, 2.24) is 14.5 Å². The summed E-state index contributed by atoms with van der Waals surface area (Å²) in [5.41, 5.74) is 6.64. The molecule has 0 spiro atoms. The van der Waals surface area contributed by atoms with Gasteiger partial charge in [0.1, 0.15) is 4.83 Å². The van der Waals surface area contributed by atoms with E-state index < -0.39 is 0 Å². The van der Waals surface area contributed by atoms with E-state index in [0.717, 1.165) is 38.5 Å². The zero-order chi connectivity index (χ0) is 29.5. The van der Waals surface area contributed by atoms with Crippen LogP contribution >= 0.6 is 22.7 Å². The van der Waals surface area contributed by atoms with E-state index in [2.05, 4.69) is 126 Å². The van der Waals surface area contributed by atoms with Crippen molar-refractivity contribution in [2.24, 2.45) is 0 Å². The minimum atomic E-state index is 0.753. The zero-order valence-electron chi connectivity index (χ0n) is 23.9. The highest BCUT2D eigenvalue weighted by Crippen LogP contribution is 2.44. The highest BCUT2D eigenvalue weighted by atomic mass is 32.1. The Morgan fingerprint density at radius 1 is 0.444 bits per heavy atom. The van der Waals surface area contributed by atoms with Gasteiger partial charge in [-0.25, -0.2) is 9.97 Å². The molecular weight excluding hydrogens is 587 g/mol. The Labute approximate surface area is 266 Å². The largest absolute Gasteiger partial charge is 0.309 e. The van der Waals surface area contributed by atoms with E-state index >= 15 is 0 Å². The molecule has 0 bridgehead atoms. The summed E-state index contributed by atoms with van der Waals surface area (Å²) < 4.78 is 6.31. The highest BCUT2D eigenvalue weighted by Gasteiger charge is 2.19. The highest BCUT2D eigenvalue weighted by molar-refractivity contribution is 7.27. The molecule has 3 nitrogen and oxygen atoms in total. The average Bonchev–Trinajstić information content (AvgIpc) is 3.78. The Hall–Kier alpha value is -5.36. The molecule has 0 saturated heterocycles. The molecule has 10 aromatic rings. The van der Waals surface area contributed by atoms with Crippen LogP contribution in [0.3, 0.4) is 0 Å². The van der Waals surface area contributed by atoms with Gasteiger partial charge in [-0.15, -0.1) is 22.7 Å². The minimum Gasteiger partial charge on any atom is -0.309 e. The minimum absolute atomic E-state index is 0.753. The molecule has 10 rings (SSSR count). The summed E-state index contributed by atoms with van der Waals surface area (Å²) in [6.45, 7) is 0. The first-order chi connectivity index (χ1) is 22.3. The van der Waals surface area contributed by atoms with Gasteiger partial charge in [0.05, 0.1) is 16.7 Å². The van der Waals surface area contributed by atoms with Gasteiger partial charge >= 0.3 is 0 Å². The smallest absolute Gasteiger partial charge is 0.161 e. The van der Waals surface area contributed by atoms with Crippen LogP contribution in [0.1, 0.15) is 0 Å². The van der Waals surface area contributed by atoms with Gasteiger partial charge in [-0.3, -0.25) is 0 Å². The van der Waals surface area contributed by atoms with Crippen molar-refractivity contribution in [3.05, 3.63) is 140 Å². The van der Waals surface area contributed by atoms with Crippen molar-refractivity contribution in [1.29, 1.82) is 0 Å². The summed E-state index contributed by atoms with van der Waals surface area (Å²) in [6, 6.07) is 49.8. The SMILES string of the molecule is c1ccc(-c2nc(-c3ccc(-n4c5ccccc5c5c6sc7ccccc7c6ccc54)cc3)c3c(n2)sc2ccccc23)cc1. The lowest BCUT2D eigenvalue weighted by Gasteiger charge is -2.11. The van der Waals surface area contributed by atoms with Gasteiger partial charge in [-0.2, -0.15) is 0 Å². The molecule has 4 aromatic heterocycles. The number of fused-ring (bicyclic) bond motifs is 10. The molecule has 0 amide bonds. The lowest BCUT2D eigenvalue weighted by atomic mass is 10.0. The number of aromatic nitrogens is 3. The van der Waals surface area contributed by atoms with Crippen LogP contribution in [0.4, 0.5) is 0 Å². The van der Waals surface area contributed by atoms with Crippen molar-refractivity contribution < 1.29 is 0 Å². The number of rotatable bonds is 3. The van der Waals surface area contributed by atoms with Gasteiger partial charge in [0.25, 0.3) is 0 Å². The Bertz CT molecular complexity index is 2750. The van der Waals surface area contributed by atoms with Crippen LogP contribution in [-0.2, 0) is 0 Å². The first-order valence-electron chi connectivity index (χ1n) is 15.0. The lowest BCUT2D eigenvalue weighted by Crippen LogP contribution is -1.96. The van der Waals surface area contributed by atoms with E-state index in [1.165, 1.54) is 52.1 Å². The number of thiophene rings is 2. The fourth-order valence-electron chi connectivity index (χ4n) is 6.83. The fourth-order valence-corrected chi connectivity index (χ4v) is 9.16. The molecule has 0 aliphatic carbocycles. The summed E-state index contributed by atoms with van der Waals surface area (Å²) in [5, 5.41) is 7.57. The van der Waals surface area contributed by atoms with E-state index in [9.17, 15) is 0 Å². The second kappa shape index (κ2) is 9.57. The predicted molar refractivity (Wildman–Crippen MR) is 193 cm³/mol. The van der Waals surface area contributed by atoms with Gasteiger partial charge in [0, 0.05) is 63.2 Å². The molecule has 0 saturated carbocycles. The molecular formula is C40H23N3S2. The van der Waals surface area contributed by atoms with Crippen molar-refractivity contribution in [3.63, 3.8) is 0 Å². The quantitative estimate of drug-likeness (QED) is 0.199. The first-order valence-corrected chi connectivity index (χ1v) is 16.6. The zero-order valence-corrected chi connectivity index (χ0v) is 25.6. The summed E-state index contributed by atoms with van der Waals surface area (Å²) in [5.74, 6) is 0.753. The third-order valence-corrected chi connectivity index (χ3v) is 11.1. The van der Waals surface area contributed by atoms with Gasteiger partial charge < -0.3 is 4.57 Å². The second-order valence-corrected chi connectivity index (χ2v) is 13.5. The van der Waals surface area contributed by atoms with Gasteiger partial charge in [-0.1, -0.05) is 103 Å². The Morgan fingerprint density at radius 3 is 1.96 bits per heavy atom. The van der Waals surface area contributed by atoms with Gasteiger partial charge in [0.2, 0.25) is 0 Å². The lowest BCUT2D eigenvalue weighted by molar-refractivity contribution is 1.18. The van der Waals surface area contributed by atoms with E-state index in [-0.39, 0.29) is 0 Å². The molecule has 0 N–H and O–H groups in total. The van der Waals surface area contributed by atoms with E-state index in [4.69, 9.17) is 9.97 Å². The number of para-hydroxylation sites is 1. The van der Waals surface area contributed by atoms with Gasteiger partial charge in [-0.05, 0) is 36.4 Å². The summed E-state index contributed by atoms with van der Waals surface area (Å²) in [4.78, 5) is 11.3. The molecule has 5 heteroatoms. The number of nitrogens with zero attached hydrogens (tertiary/aromatic N) is 3. The predicted octanol–water partition coefficient (Wildman–Crippen LogP) is 11.6. The molecule has 0 radical (unpaired) electrons. The molecule has 0 unspecified atom stereocenters. The maximum Gasteiger partial charge on any atom is 0.161 e. The third-order valence-electron chi connectivity index (χ3n) is 8.85. The van der Waals surface area contributed by atoms with Crippen molar-refractivity contribution in [3.8, 4) is 28.3 Å². The van der Waals surface area contributed by atoms with E-state index in [1.54, 1.807) is 11.3 Å². The molecule has 0 atom stereocenters. The van der Waals surface area contributed by atoms with Gasteiger partial charge in [0.15, 0.2) is 5.82 Å². The van der Waals surface area contributed by atoms with Crippen LogP contribution in [0.2, 0.25) is 0 Å². The monoisotopic (exact) mass is 609 g/mol. The molecule has 0 aliphatic rings. The topological polar surface area (TPSA) is 30.7 Å².